The van der Waals surface area contributed by atoms with Crippen molar-refractivity contribution in [2.75, 3.05) is 19.2 Å². The molecular formula is C18H19N3O3S. The van der Waals surface area contributed by atoms with Gasteiger partial charge in [-0.3, -0.25) is 4.57 Å². The second-order valence-electron chi connectivity index (χ2n) is 5.77. The summed E-state index contributed by atoms with van der Waals surface area (Å²) in [5.74, 6) is 2.29. The molecule has 1 aliphatic heterocycles. The van der Waals surface area contributed by atoms with Gasteiger partial charge in [0.2, 0.25) is 5.82 Å². The topological polar surface area (TPSA) is 62.3 Å². The van der Waals surface area contributed by atoms with Crippen LogP contribution in [0.25, 0.3) is 11.6 Å². The van der Waals surface area contributed by atoms with Crippen molar-refractivity contribution in [3.8, 4) is 11.6 Å². The van der Waals surface area contributed by atoms with Gasteiger partial charge in [0.05, 0.1) is 25.5 Å². The minimum Gasteiger partial charge on any atom is -0.461 e. The van der Waals surface area contributed by atoms with Gasteiger partial charge in [-0.2, -0.15) is 0 Å². The molecule has 7 heteroatoms. The normalized spacial score (nSPS) is 17.7. The lowest BCUT2D eigenvalue weighted by Crippen LogP contribution is -2.25. The van der Waals surface area contributed by atoms with Crippen LogP contribution in [0.1, 0.15) is 12.0 Å². The summed E-state index contributed by atoms with van der Waals surface area (Å²) in [6.07, 6.45) is 2.75. The molecule has 0 amide bonds. The van der Waals surface area contributed by atoms with Crippen molar-refractivity contribution in [3.05, 3.63) is 54.3 Å². The van der Waals surface area contributed by atoms with Crippen molar-refractivity contribution in [1.29, 1.82) is 0 Å². The third-order valence-electron chi connectivity index (χ3n) is 4.01. The molecule has 0 bridgehead atoms. The van der Waals surface area contributed by atoms with Crippen LogP contribution in [0.15, 0.2) is 58.3 Å². The number of hydrogen-bond donors (Lipinski definition) is 0. The summed E-state index contributed by atoms with van der Waals surface area (Å²) in [7, 11) is 0. The smallest absolute Gasteiger partial charge is 0.200 e. The predicted molar refractivity (Wildman–Crippen MR) is 94.3 cm³/mol. The van der Waals surface area contributed by atoms with Crippen LogP contribution in [0, 0.1) is 0 Å². The maximum atomic E-state index is 5.62. The lowest BCUT2D eigenvalue weighted by Gasteiger charge is -2.22. The zero-order chi connectivity index (χ0) is 16.9. The number of ether oxygens (including phenoxy) is 2. The third-order valence-corrected chi connectivity index (χ3v) is 5.11. The van der Waals surface area contributed by atoms with Gasteiger partial charge < -0.3 is 13.9 Å². The summed E-state index contributed by atoms with van der Waals surface area (Å²) in [5.41, 5.74) is 1.19. The molecule has 130 valence electrons. The molecule has 0 spiro atoms. The molecule has 3 aromatic rings. The Morgan fingerprint density at radius 2 is 2.04 bits per heavy atom. The monoisotopic (exact) mass is 357 g/mol. The van der Waals surface area contributed by atoms with E-state index in [1.807, 2.05) is 30.3 Å². The van der Waals surface area contributed by atoms with Gasteiger partial charge in [-0.25, -0.2) is 0 Å². The number of nitrogens with zero attached hydrogens (tertiary/aromatic N) is 3. The van der Waals surface area contributed by atoms with E-state index in [2.05, 4.69) is 26.9 Å². The molecule has 0 aliphatic carbocycles. The van der Waals surface area contributed by atoms with Gasteiger partial charge in [-0.15, -0.1) is 10.2 Å². The summed E-state index contributed by atoms with van der Waals surface area (Å²) in [5, 5.41) is 9.60. The molecule has 1 saturated heterocycles. The van der Waals surface area contributed by atoms with Gasteiger partial charge >= 0.3 is 0 Å². The first-order valence-corrected chi connectivity index (χ1v) is 9.22. The summed E-state index contributed by atoms with van der Waals surface area (Å²) in [4.78, 5) is 0. The van der Waals surface area contributed by atoms with E-state index >= 15 is 0 Å². The van der Waals surface area contributed by atoms with Gasteiger partial charge in [0.15, 0.2) is 10.9 Å². The van der Waals surface area contributed by atoms with Crippen molar-refractivity contribution in [3.63, 3.8) is 0 Å². The Labute approximate surface area is 150 Å². The Morgan fingerprint density at radius 3 is 2.80 bits per heavy atom. The van der Waals surface area contributed by atoms with E-state index in [0.717, 1.165) is 35.5 Å². The first-order chi connectivity index (χ1) is 12.4. The van der Waals surface area contributed by atoms with Crippen molar-refractivity contribution in [2.24, 2.45) is 0 Å². The van der Waals surface area contributed by atoms with Crippen molar-refractivity contribution >= 4 is 11.8 Å². The molecule has 1 atom stereocenters. The SMILES string of the molecule is c1ccc(Cn2c(SC[C@H]3CCOCO3)nnc2-c2ccco2)cc1. The van der Waals surface area contributed by atoms with E-state index in [9.17, 15) is 0 Å². The van der Waals surface area contributed by atoms with Crippen LogP contribution in [0.2, 0.25) is 0 Å². The van der Waals surface area contributed by atoms with Gasteiger partial charge in [0, 0.05) is 5.75 Å². The lowest BCUT2D eigenvalue weighted by atomic mass is 10.2. The van der Waals surface area contributed by atoms with Gasteiger partial charge in [-0.1, -0.05) is 42.1 Å². The Hall–Kier alpha value is -2.09. The Balaban J connectivity index is 1.57. The molecule has 0 radical (unpaired) electrons. The standard InChI is InChI=1S/C18H19N3O3S/c1-2-5-14(6-3-1)11-21-17(16-7-4-9-23-16)19-20-18(21)25-12-15-8-10-22-13-24-15/h1-7,9,15H,8,10-13H2/t15-/m1/s1. The second-order valence-corrected chi connectivity index (χ2v) is 6.76. The van der Waals surface area contributed by atoms with E-state index in [1.165, 1.54) is 5.56 Å². The fraction of sp³-hybridized carbons (Fsp3) is 0.333. The van der Waals surface area contributed by atoms with Gasteiger partial charge in [0.25, 0.3) is 0 Å². The summed E-state index contributed by atoms with van der Waals surface area (Å²) in [6.45, 7) is 1.82. The fourth-order valence-electron chi connectivity index (χ4n) is 2.69. The Bertz CT molecular complexity index is 783. The number of rotatable bonds is 6. The summed E-state index contributed by atoms with van der Waals surface area (Å²) < 4.78 is 18.5. The zero-order valence-corrected chi connectivity index (χ0v) is 14.5. The van der Waals surface area contributed by atoms with E-state index in [-0.39, 0.29) is 6.10 Å². The molecule has 25 heavy (non-hydrogen) atoms. The third kappa shape index (κ3) is 3.95. The highest BCUT2D eigenvalue weighted by Crippen LogP contribution is 2.27. The predicted octanol–water partition coefficient (Wildman–Crippen LogP) is 3.44. The summed E-state index contributed by atoms with van der Waals surface area (Å²) >= 11 is 1.66. The average Bonchev–Trinajstić information content (AvgIpc) is 3.32. The quantitative estimate of drug-likeness (QED) is 0.630. The van der Waals surface area contributed by atoms with Crippen LogP contribution in [-0.2, 0) is 16.0 Å². The largest absolute Gasteiger partial charge is 0.461 e. The Kier molecular flexibility index (Phi) is 5.15. The number of aromatic nitrogens is 3. The van der Waals surface area contributed by atoms with E-state index < -0.39 is 0 Å². The lowest BCUT2D eigenvalue weighted by molar-refractivity contribution is -0.130. The van der Waals surface area contributed by atoms with Crippen LogP contribution in [0.4, 0.5) is 0 Å². The second kappa shape index (κ2) is 7.86. The van der Waals surface area contributed by atoms with E-state index in [1.54, 1.807) is 18.0 Å². The number of benzene rings is 1. The highest BCUT2D eigenvalue weighted by Gasteiger charge is 2.20. The van der Waals surface area contributed by atoms with Crippen LogP contribution in [0.5, 0.6) is 0 Å². The van der Waals surface area contributed by atoms with E-state index in [0.29, 0.717) is 13.3 Å². The van der Waals surface area contributed by atoms with Crippen LogP contribution >= 0.6 is 11.8 Å². The van der Waals surface area contributed by atoms with E-state index in [4.69, 9.17) is 13.9 Å². The molecular weight excluding hydrogens is 338 g/mol. The average molecular weight is 357 g/mol. The minimum absolute atomic E-state index is 0.188. The molecule has 6 nitrogen and oxygen atoms in total. The Morgan fingerprint density at radius 1 is 1.12 bits per heavy atom. The maximum absolute atomic E-state index is 5.62. The molecule has 1 aliphatic rings. The highest BCUT2D eigenvalue weighted by molar-refractivity contribution is 7.99. The minimum atomic E-state index is 0.188. The molecule has 1 fully saturated rings. The molecule has 1 aromatic carbocycles. The number of thioether (sulfide) groups is 1. The van der Waals surface area contributed by atoms with Crippen LogP contribution in [-0.4, -0.2) is 40.0 Å². The molecule has 0 saturated carbocycles. The molecule has 0 N–H and O–H groups in total. The first kappa shape index (κ1) is 16.4. The first-order valence-electron chi connectivity index (χ1n) is 8.23. The number of hydrogen-bond acceptors (Lipinski definition) is 6. The number of furan rings is 1. The van der Waals surface area contributed by atoms with Gasteiger partial charge in [-0.05, 0) is 24.1 Å². The van der Waals surface area contributed by atoms with Crippen LogP contribution < -0.4 is 0 Å². The highest BCUT2D eigenvalue weighted by atomic mass is 32.2. The van der Waals surface area contributed by atoms with Crippen molar-refractivity contribution < 1.29 is 13.9 Å². The maximum Gasteiger partial charge on any atom is 0.200 e. The molecule has 4 rings (SSSR count). The molecule has 3 heterocycles. The molecule has 0 unspecified atom stereocenters. The molecule has 2 aromatic heterocycles. The summed E-state index contributed by atoms with van der Waals surface area (Å²) in [6, 6.07) is 14.1. The van der Waals surface area contributed by atoms with Gasteiger partial charge in [0.1, 0.15) is 6.79 Å². The van der Waals surface area contributed by atoms with Crippen molar-refractivity contribution in [2.45, 2.75) is 24.2 Å². The zero-order valence-electron chi connectivity index (χ0n) is 13.7. The van der Waals surface area contributed by atoms with Crippen LogP contribution in [0.3, 0.4) is 0 Å². The fourth-order valence-corrected chi connectivity index (χ4v) is 3.70. The van der Waals surface area contributed by atoms with Crippen molar-refractivity contribution in [1.82, 2.24) is 14.8 Å².